The summed E-state index contributed by atoms with van der Waals surface area (Å²) in [5, 5.41) is 22.0. The molecule has 22 heavy (non-hydrogen) atoms. The summed E-state index contributed by atoms with van der Waals surface area (Å²) >= 11 is 0. The molecule has 0 heterocycles. The van der Waals surface area contributed by atoms with Crippen molar-refractivity contribution in [2.75, 3.05) is 0 Å². The van der Waals surface area contributed by atoms with Crippen molar-refractivity contribution in [3.8, 4) is 11.5 Å². The predicted octanol–water partition coefficient (Wildman–Crippen LogP) is 4.58. The number of phenolic OH excluding ortho intramolecular Hbond substituents is 1. The zero-order valence-electron chi connectivity index (χ0n) is 12.7. The predicted molar refractivity (Wildman–Crippen MR) is 86.4 cm³/mol. The molecule has 0 aliphatic carbocycles. The zero-order valence-corrected chi connectivity index (χ0v) is 12.7. The SMILES string of the molecule is CC=CCCC(C)Oc1ccc2cc(O)ccc2c1[N+](=O)[O-]. The van der Waals surface area contributed by atoms with Crippen molar-refractivity contribution in [1.82, 2.24) is 0 Å². The van der Waals surface area contributed by atoms with Crippen LogP contribution >= 0.6 is 0 Å². The summed E-state index contributed by atoms with van der Waals surface area (Å²) in [6.07, 6.45) is 5.54. The van der Waals surface area contributed by atoms with E-state index in [1.165, 1.54) is 12.1 Å². The maximum Gasteiger partial charge on any atom is 0.318 e. The molecule has 0 spiro atoms. The molecule has 0 aliphatic heterocycles. The van der Waals surface area contributed by atoms with Crippen LogP contribution < -0.4 is 4.74 Å². The molecule has 2 rings (SSSR count). The molecule has 5 heteroatoms. The summed E-state index contributed by atoms with van der Waals surface area (Å²) in [6, 6.07) is 7.79. The molecule has 0 aliphatic rings. The fraction of sp³-hybridized carbons (Fsp3) is 0.294. The highest BCUT2D eigenvalue weighted by atomic mass is 16.6. The van der Waals surface area contributed by atoms with Crippen LogP contribution in [0.3, 0.4) is 0 Å². The van der Waals surface area contributed by atoms with Crippen molar-refractivity contribution < 1.29 is 14.8 Å². The zero-order chi connectivity index (χ0) is 16.1. The number of allylic oxidation sites excluding steroid dienone is 2. The number of phenols is 1. The monoisotopic (exact) mass is 301 g/mol. The third-order valence-electron chi connectivity index (χ3n) is 3.42. The van der Waals surface area contributed by atoms with Gasteiger partial charge in [-0.15, -0.1) is 0 Å². The van der Waals surface area contributed by atoms with Gasteiger partial charge >= 0.3 is 5.69 Å². The lowest BCUT2D eigenvalue weighted by Gasteiger charge is -2.14. The highest BCUT2D eigenvalue weighted by Crippen LogP contribution is 2.37. The highest BCUT2D eigenvalue weighted by Gasteiger charge is 2.21. The number of nitro groups is 1. The summed E-state index contributed by atoms with van der Waals surface area (Å²) in [5.74, 6) is 0.339. The molecule has 0 saturated heterocycles. The van der Waals surface area contributed by atoms with E-state index in [4.69, 9.17) is 4.74 Å². The summed E-state index contributed by atoms with van der Waals surface area (Å²) in [6.45, 7) is 3.85. The van der Waals surface area contributed by atoms with Crippen LogP contribution in [0.2, 0.25) is 0 Å². The van der Waals surface area contributed by atoms with Crippen LogP contribution in [0.15, 0.2) is 42.5 Å². The van der Waals surface area contributed by atoms with E-state index in [1.54, 1.807) is 18.2 Å². The molecule has 0 radical (unpaired) electrons. The second-order valence-corrected chi connectivity index (χ2v) is 5.15. The van der Waals surface area contributed by atoms with Crippen LogP contribution in [-0.2, 0) is 0 Å². The molecule has 1 atom stereocenters. The largest absolute Gasteiger partial charge is 0.508 e. The van der Waals surface area contributed by atoms with Gasteiger partial charge in [0.05, 0.1) is 16.4 Å². The molecule has 0 fully saturated rings. The average Bonchev–Trinajstić information content (AvgIpc) is 2.47. The summed E-state index contributed by atoms with van der Waals surface area (Å²) < 4.78 is 5.75. The van der Waals surface area contributed by atoms with E-state index < -0.39 is 4.92 Å². The van der Waals surface area contributed by atoms with Gasteiger partial charge in [-0.1, -0.05) is 18.2 Å². The fourth-order valence-corrected chi connectivity index (χ4v) is 2.34. The molecule has 5 nitrogen and oxygen atoms in total. The van der Waals surface area contributed by atoms with Crippen molar-refractivity contribution >= 4 is 16.5 Å². The first-order chi connectivity index (χ1) is 10.5. The summed E-state index contributed by atoms with van der Waals surface area (Å²) in [5.41, 5.74) is -0.0598. The van der Waals surface area contributed by atoms with Gasteiger partial charge in [0.2, 0.25) is 0 Å². The Morgan fingerprint density at radius 2 is 2.14 bits per heavy atom. The number of hydrogen-bond acceptors (Lipinski definition) is 4. The minimum absolute atomic E-state index is 0.0598. The Balaban J connectivity index is 2.35. The fourth-order valence-electron chi connectivity index (χ4n) is 2.34. The van der Waals surface area contributed by atoms with Crippen LogP contribution in [-0.4, -0.2) is 16.1 Å². The second-order valence-electron chi connectivity index (χ2n) is 5.15. The van der Waals surface area contributed by atoms with Crippen molar-refractivity contribution in [1.29, 1.82) is 0 Å². The van der Waals surface area contributed by atoms with Crippen LogP contribution in [0.25, 0.3) is 10.8 Å². The Morgan fingerprint density at radius 1 is 1.36 bits per heavy atom. The minimum Gasteiger partial charge on any atom is -0.508 e. The number of rotatable bonds is 6. The van der Waals surface area contributed by atoms with Gasteiger partial charge in [0.25, 0.3) is 0 Å². The second kappa shape index (κ2) is 6.93. The van der Waals surface area contributed by atoms with Gasteiger partial charge in [-0.05, 0) is 56.3 Å². The molecule has 2 aromatic rings. The third-order valence-corrected chi connectivity index (χ3v) is 3.42. The first-order valence-corrected chi connectivity index (χ1v) is 7.21. The van der Waals surface area contributed by atoms with E-state index in [0.29, 0.717) is 10.8 Å². The Bertz CT molecular complexity index is 709. The standard InChI is InChI=1S/C17H19NO4/c1-3-4-5-6-12(2)22-16-10-7-13-11-14(19)8-9-15(13)17(16)18(20)21/h3-4,7-12,19H,5-6H2,1-2H3. The van der Waals surface area contributed by atoms with E-state index in [1.807, 2.05) is 26.0 Å². The number of aromatic hydroxyl groups is 1. The van der Waals surface area contributed by atoms with Crippen molar-refractivity contribution in [3.63, 3.8) is 0 Å². The molecule has 2 aromatic carbocycles. The van der Waals surface area contributed by atoms with E-state index in [-0.39, 0.29) is 23.3 Å². The van der Waals surface area contributed by atoms with Crippen molar-refractivity contribution in [2.45, 2.75) is 32.8 Å². The van der Waals surface area contributed by atoms with Crippen LogP contribution in [0.1, 0.15) is 26.7 Å². The molecule has 1 N–H and O–H groups in total. The molecule has 1 unspecified atom stereocenters. The first kappa shape index (κ1) is 15.8. The number of hydrogen-bond donors (Lipinski definition) is 1. The normalized spacial score (nSPS) is 12.6. The lowest BCUT2D eigenvalue weighted by atomic mass is 10.1. The van der Waals surface area contributed by atoms with Gasteiger partial charge in [-0.2, -0.15) is 0 Å². The lowest BCUT2D eigenvalue weighted by Crippen LogP contribution is -2.12. The molecular formula is C17H19NO4. The maximum absolute atomic E-state index is 11.4. The van der Waals surface area contributed by atoms with Crippen LogP contribution in [0.4, 0.5) is 5.69 Å². The Hall–Kier alpha value is -2.56. The molecule has 0 amide bonds. The molecule has 0 aromatic heterocycles. The quantitative estimate of drug-likeness (QED) is 0.481. The Labute approximate surface area is 129 Å². The van der Waals surface area contributed by atoms with E-state index >= 15 is 0 Å². The highest BCUT2D eigenvalue weighted by molar-refractivity contribution is 5.94. The van der Waals surface area contributed by atoms with E-state index in [0.717, 1.165) is 12.8 Å². The summed E-state index contributed by atoms with van der Waals surface area (Å²) in [7, 11) is 0. The van der Waals surface area contributed by atoms with Gasteiger partial charge < -0.3 is 9.84 Å². The van der Waals surface area contributed by atoms with Crippen molar-refractivity contribution in [3.05, 3.63) is 52.6 Å². The number of nitro benzene ring substituents is 1. The van der Waals surface area contributed by atoms with Crippen LogP contribution in [0.5, 0.6) is 11.5 Å². The molecule has 116 valence electrons. The van der Waals surface area contributed by atoms with Gasteiger partial charge in [0, 0.05) is 0 Å². The molecular weight excluding hydrogens is 282 g/mol. The van der Waals surface area contributed by atoms with Gasteiger partial charge in [0.1, 0.15) is 5.75 Å². The molecule has 0 bridgehead atoms. The van der Waals surface area contributed by atoms with E-state index in [2.05, 4.69) is 0 Å². The maximum atomic E-state index is 11.4. The van der Waals surface area contributed by atoms with Gasteiger partial charge in [-0.25, -0.2) is 0 Å². The smallest absolute Gasteiger partial charge is 0.318 e. The number of ether oxygens (including phenoxy) is 1. The van der Waals surface area contributed by atoms with E-state index in [9.17, 15) is 15.2 Å². The Morgan fingerprint density at radius 3 is 2.82 bits per heavy atom. The van der Waals surface area contributed by atoms with Crippen LogP contribution in [0, 0.1) is 10.1 Å². The number of nitrogens with zero attached hydrogens (tertiary/aromatic N) is 1. The minimum atomic E-state index is -0.437. The third kappa shape index (κ3) is 3.55. The van der Waals surface area contributed by atoms with Gasteiger partial charge in [-0.3, -0.25) is 10.1 Å². The van der Waals surface area contributed by atoms with Gasteiger partial charge in [0.15, 0.2) is 5.75 Å². The Kier molecular flexibility index (Phi) is 4.99. The lowest BCUT2D eigenvalue weighted by molar-refractivity contribution is -0.384. The topological polar surface area (TPSA) is 72.6 Å². The summed E-state index contributed by atoms with van der Waals surface area (Å²) in [4.78, 5) is 11.0. The first-order valence-electron chi connectivity index (χ1n) is 7.21. The number of benzene rings is 2. The molecule has 0 saturated carbocycles. The number of fused-ring (bicyclic) bond motifs is 1. The van der Waals surface area contributed by atoms with Crippen molar-refractivity contribution in [2.24, 2.45) is 0 Å². The average molecular weight is 301 g/mol.